The van der Waals surface area contributed by atoms with E-state index in [1.807, 2.05) is 51.1 Å². The molecule has 0 aromatic heterocycles. The number of allylic oxidation sites excluding steroid dienone is 1. The van der Waals surface area contributed by atoms with Gasteiger partial charge in [-0.3, -0.25) is 4.79 Å². The van der Waals surface area contributed by atoms with E-state index >= 15 is 0 Å². The molecule has 0 bridgehead atoms. The summed E-state index contributed by atoms with van der Waals surface area (Å²) in [5, 5.41) is 12.0. The first-order chi connectivity index (χ1) is 10.5. The fraction of sp³-hybridized carbons (Fsp3) is 0.444. The summed E-state index contributed by atoms with van der Waals surface area (Å²) in [7, 11) is 0. The molecule has 22 heavy (non-hydrogen) atoms. The van der Waals surface area contributed by atoms with Gasteiger partial charge in [-0.1, -0.05) is 56.3 Å². The number of carbonyl (C=O) groups excluding carboxylic acids is 1. The molecule has 4 heteroatoms. The molecule has 0 spiro atoms. The highest BCUT2D eigenvalue weighted by atomic mass is 16.4. The van der Waals surface area contributed by atoms with E-state index in [9.17, 15) is 14.7 Å². The SMILES string of the molecule is C/C=C/CC(NC(=O)C(CC)(CC)c1ccccc1)C(=O)O. The van der Waals surface area contributed by atoms with Gasteiger partial charge >= 0.3 is 5.97 Å². The van der Waals surface area contributed by atoms with Crippen molar-refractivity contribution in [2.75, 3.05) is 0 Å². The number of nitrogens with one attached hydrogen (secondary N) is 1. The molecule has 0 saturated carbocycles. The number of benzene rings is 1. The van der Waals surface area contributed by atoms with Gasteiger partial charge in [0.1, 0.15) is 6.04 Å². The van der Waals surface area contributed by atoms with Crippen molar-refractivity contribution >= 4 is 11.9 Å². The van der Waals surface area contributed by atoms with Crippen LogP contribution in [0.1, 0.15) is 45.6 Å². The van der Waals surface area contributed by atoms with Crippen LogP contribution in [0.2, 0.25) is 0 Å². The molecule has 4 nitrogen and oxygen atoms in total. The molecule has 0 aliphatic rings. The zero-order chi connectivity index (χ0) is 16.6. The van der Waals surface area contributed by atoms with E-state index in [0.717, 1.165) is 5.56 Å². The van der Waals surface area contributed by atoms with Crippen molar-refractivity contribution in [2.24, 2.45) is 0 Å². The Bertz CT molecular complexity index is 518. The van der Waals surface area contributed by atoms with Crippen LogP contribution in [0.3, 0.4) is 0 Å². The number of carboxylic acid groups (broad SMARTS) is 1. The minimum absolute atomic E-state index is 0.222. The Balaban J connectivity index is 3.05. The number of hydrogen-bond acceptors (Lipinski definition) is 2. The summed E-state index contributed by atoms with van der Waals surface area (Å²) in [5.74, 6) is -1.23. The van der Waals surface area contributed by atoms with Crippen molar-refractivity contribution < 1.29 is 14.7 Å². The molecule has 1 amide bonds. The van der Waals surface area contributed by atoms with Crippen molar-refractivity contribution in [3.63, 3.8) is 0 Å². The second-order valence-electron chi connectivity index (χ2n) is 5.32. The first-order valence-corrected chi connectivity index (χ1v) is 7.72. The average molecular weight is 303 g/mol. The number of rotatable bonds is 8. The van der Waals surface area contributed by atoms with Gasteiger partial charge in [-0.15, -0.1) is 0 Å². The molecule has 0 aliphatic heterocycles. The topological polar surface area (TPSA) is 66.4 Å². The average Bonchev–Trinajstić information content (AvgIpc) is 2.54. The van der Waals surface area contributed by atoms with Crippen LogP contribution in [0, 0.1) is 0 Å². The minimum atomic E-state index is -1.01. The van der Waals surface area contributed by atoms with Crippen molar-refractivity contribution in [3.8, 4) is 0 Å². The molecule has 0 aliphatic carbocycles. The van der Waals surface area contributed by atoms with Gasteiger partial charge in [-0.2, -0.15) is 0 Å². The third kappa shape index (κ3) is 3.97. The van der Waals surface area contributed by atoms with Crippen LogP contribution in [-0.2, 0) is 15.0 Å². The third-order valence-electron chi connectivity index (χ3n) is 4.18. The molecule has 1 rings (SSSR count). The van der Waals surface area contributed by atoms with Gasteiger partial charge in [0.15, 0.2) is 0 Å². The predicted molar refractivity (Wildman–Crippen MR) is 87.7 cm³/mol. The summed E-state index contributed by atoms with van der Waals surface area (Å²) in [6.45, 7) is 5.74. The predicted octanol–water partition coefficient (Wildman–Crippen LogP) is 3.28. The minimum Gasteiger partial charge on any atom is -0.480 e. The lowest BCUT2D eigenvalue weighted by Crippen LogP contribution is -2.50. The summed E-state index contributed by atoms with van der Waals surface area (Å²) in [6, 6.07) is 8.66. The highest BCUT2D eigenvalue weighted by Gasteiger charge is 2.38. The molecule has 0 radical (unpaired) electrons. The molecule has 2 N–H and O–H groups in total. The lowest BCUT2D eigenvalue weighted by atomic mass is 9.75. The summed E-state index contributed by atoms with van der Waals surface area (Å²) in [6.07, 6.45) is 5.06. The summed E-state index contributed by atoms with van der Waals surface area (Å²) >= 11 is 0. The number of amides is 1. The number of carboxylic acids is 1. The number of aliphatic carboxylic acids is 1. The van der Waals surface area contributed by atoms with Crippen molar-refractivity contribution in [1.82, 2.24) is 5.32 Å². The van der Waals surface area contributed by atoms with Gasteiger partial charge in [0, 0.05) is 0 Å². The van der Waals surface area contributed by atoms with E-state index in [2.05, 4.69) is 5.32 Å². The molecule has 1 atom stereocenters. The van der Waals surface area contributed by atoms with Crippen LogP contribution in [-0.4, -0.2) is 23.0 Å². The van der Waals surface area contributed by atoms with Crippen molar-refractivity contribution in [2.45, 2.75) is 51.5 Å². The van der Waals surface area contributed by atoms with Crippen LogP contribution in [0.5, 0.6) is 0 Å². The van der Waals surface area contributed by atoms with Gasteiger partial charge in [0.05, 0.1) is 5.41 Å². The standard InChI is InChI=1S/C18H25NO3/c1-4-7-13-15(16(20)21)19-17(22)18(5-2,6-3)14-11-9-8-10-12-14/h4,7-12,15H,5-6,13H2,1-3H3,(H,19,22)(H,20,21)/b7-4+. The van der Waals surface area contributed by atoms with Crippen molar-refractivity contribution in [1.29, 1.82) is 0 Å². The Labute approximate surface area is 132 Å². The van der Waals surface area contributed by atoms with Gasteiger partial charge in [0.2, 0.25) is 5.91 Å². The van der Waals surface area contributed by atoms with Crippen LogP contribution < -0.4 is 5.32 Å². The lowest BCUT2D eigenvalue weighted by molar-refractivity contribution is -0.142. The van der Waals surface area contributed by atoms with Crippen LogP contribution in [0.15, 0.2) is 42.5 Å². The van der Waals surface area contributed by atoms with Crippen LogP contribution >= 0.6 is 0 Å². The first-order valence-electron chi connectivity index (χ1n) is 7.72. The van der Waals surface area contributed by atoms with Crippen LogP contribution in [0.25, 0.3) is 0 Å². The van der Waals surface area contributed by atoms with E-state index < -0.39 is 17.4 Å². The molecule has 0 fully saturated rings. The Kier molecular flexibility index (Phi) is 6.83. The lowest BCUT2D eigenvalue weighted by Gasteiger charge is -2.32. The Morgan fingerprint density at radius 2 is 1.82 bits per heavy atom. The molecule has 0 heterocycles. The molecule has 1 aromatic rings. The Morgan fingerprint density at radius 1 is 1.23 bits per heavy atom. The maximum Gasteiger partial charge on any atom is 0.326 e. The van der Waals surface area contributed by atoms with Gasteiger partial charge in [-0.25, -0.2) is 4.79 Å². The maximum atomic E-state index is 12.8. The fourth-order valence-corrected chi connectivity index (χ4v) is 2.66. The molecule has 0 saturated heterocycles. The van der Waals surface area contributed by atoms with E-state index in [4.69, 9.17) is 0 Å². The molecule has 1 aromatic carbocycles. The molecule has 120 valence electrons. The number of carbonyl (C=O) groups is 2. The molecular weight excluding hydrogens is 278 g/mol. The summed E-state index contributed by atoms with van der Waals surface area (Å²) in [5.41, 5.74) is 0.234. The summed E-state index contributed by atoms with van der Waals surface area (Å²) in [4.78, 5) is 24.1. The van der Waals surface area contributed by atoms with Gasteiger partial charge in [0.25, 0.3) is 0 Å². The molecule has 1 unspecified atom stereocenters. The van der Waals surface area contributed by atoms with E-state index in [-0.39, 0.29) is 12.3 Å². The quantitative estimate of drug-likeness (QED) is 0.724. The highest BCUT2D eigenvalue weighted by Crippen LogP contribution is 2.32. The van der Waals surface area contributed by atoms with E-state index in [0.29, 0.717) is 12.8 Å². The fourth-order valence-electron chi connectivity index (χ4n) is 2.66. The van der Waals surface area contributed by atoms with Gasteiger partial charge in [-0.05, 0) is 31.7 Å². The molecular formula is C18H25NO3. The first kappa shape index (κ1) is 18.0. The van der Waals surface area contributed by atoms with Gasteiger partial charge < -0.3 is 10.4 Å². The smallest absolute Gasteiger partial charge is 0.326 e. The second kappa shape index (κ2) is 8.37. The normalized spacial score (nSPS) is 13.0. The Hall–Kier alpha value is -2.10. The monoisotopic (exact) mass is 303 g/mol. The van der Waals surface area contributed by atoms with E-state index in [1.165, 1.54) is 0 Å². The second-order valence-corrected chi connectivity index (χ2v) is 5.32. The third-order valence-corrected chi connectivity index (χ3v) is 4.18. The summed E-state index contributed by atoms with van der Waals surface area (Å²) < 4.78 is 0. The maximum absolute atomic E-state index is 12.8. The van der Waals surface area contributed by atoms with Crippen molar-refractivity contribution in [3.05, 3.63) is 48.0 Å². The number of hydrogen-bond donors (Lipinski definition) is 2. The van der Waals surface area contributed by atoms with E-state index in [1.54, 1.807) is 12.2 Å². The highest BCUT2D eigenvalue weighted by molar-refractivity contribution is 5.91. The largest absolute Gasteiger partial charge is 0.480 e. The zero-order valence-corrected chi connectivity index (χ0v) is 13.5. The Morgan fingerprint density at radius 3 is 2.27 bits per heavy atom. The zero-order valence-electron chi connectivity index (χ0n) is 13.5. The van der Waals surface area contributed by atoms with Crippen LogP contribution in [0.4, 0.5) is 0 Å².